The molecule has 3 heteroatoms. The van der Waals surface area contributed by atoms with Crippen LogP contribution in [0.15, 0.2) is 0 Å². The van der Waals surface area contributed by atoms with Crippen LogP contribution in [-0.4, -0.2) is 30.1 Å². The first kappa shape index (κ1) is 9.68. The Morgan fingerprint density at radius 3 is 2.75 bits per heavy atom. The molecule has 0 aromatic heterocycles. The number of piperidine rings is 1. The third kappa shape index (κ3) is 2.05. The Morgan fingerprint density at radius 2 is 2.25 bits per heavy atom. The number of hydrogen-bond donors (Lipinski definition) is 2. The minimum atomic E-state index is -0.390. The van der Waals surface area contributed by atoms with Crippen LogP contribution in [0, 0.1) is 11.8 Å². The van der Waals surface area contributed by atoms with Crippen molar-refractivity contribution in [3.63, 3.8) is 0 Å². The van der Waals surface area contributed by atoms with Crippen molar-refractivity contribution in [2.75, 3.05) is 13.1 Å². The predicted molar refractivity (Wildman–Crippen MR) is 46.8 cm³/mol. The molecule has 3 atom stereocenters. The van der Waals surface area contributed by atoms with Crippen molar-refractivity contribution in [3.05, 3.63) is 0 Å². The number of nitrogens with one attached hydrogen (secondary N) is 1. The highest BCUT2D eigenvalue weighted by atomic mass is 16.3. The lowest BCUT2D eigenvalue weighted by molar-refractivity contribution is -0.126. The number of carbonyl (C=O) groups excluding carboxylic acids is 1. The molecule has 3 unspecified atom stereocenters. The number of ketones is 1. The molecule has 70 valence electrons. The predicted octanol–water partition coefficient (Wildman–Crippen LogP) is 0.182. The van der Waals surface area contributed by atoms with E-state index in [0.29, 0.717) is 12.2 Å². The molecule has 0 bridgehead atoms. The summed E-state index contributed by atoms with van der Waals surface area (Å²) in [4.78, 5) is 11.4. The smallest absolute Gasteiger partial charge is 0.138 e. The highest BCUT2D eigenvalue weighted by molar-refractivity contribution is 5.82. The Morgan fingerprint density at radius 1 is 1.58 bits per heavy atom. The Labute approximate surface area is 73.2 Å². The number of carbonyl (C=O) groups is 1. The molecule has 12 heavy (non-hydrogen) atoms. The van der Waals surface area contributed by atoms with E-state index < -0.39 is 0 Å². The van der Waals surface area contributed by atoms with E-state index in [2.05, 4.69) is 5.32 Å². The van der Waals surface area contributed by atoms with Gasteiger partial charge in [-0.2, -0.15) is 0 Å². The van der Waals surface area contributed by atoms with Crippen molar-refractivity contribution >= 4 is 5.78 Å². The molecule has 0 radical (unpaired) electrons. The van der Waals surface area contributed by atoms with Gasteiger partial charge in [0.15, 0.2) is 0 Å². The molecule has 1 saturated heterocycles. The highest BCUT2D eigenvalue weighted by Crippen LogP contribution is 2.19. The molecule has 0 aromatic carbocycles. The molecule has 1 heterocycles. The fourth-order valence-corrected chi connectivity index (χ4v) is 1.58. The summed E-state index contributed by atoms with van der Waals surface area (Å²) in [6.07, 6.45) is 0.223. The van der Waals surface area contributed by atoms with Crippen LogP contribution in [0.25, 0.3) is 0 Å². The average molecular weight is 171 g/mol. The third-order valence-corrected chi connectivity index (χ3v) is 2.72. The molecule has 2 N–H and O–H groups in total. The summed E-state index contributed by atoms with van der Waals surface area (Å²) >= 11 is 0. The molecule has 0 amide bonds. The lowest BCUT2D eigenvalue weighted by Gasteiger charge is -2.28. The topological polar surface area (TPSA) is 49.3 Å². The van der Waals surface area contributed by atoms with Gasteiger partial charge in [0.1, 0.15) is 5.78 Å². The summed E-state index contributed by atoms with van der Waals surface area (Å²) in [5.74, 6) is 0.381. The zero-order valence-electron chi connectivity index (χ0n) is 7.71. The van der Waals surface area contributed by atoms with Gasteiger partial charge in [-0.3, -0.25) is 4.79 Å². The third-order valence-electron chi connectivity index (χ3n) is 2.72. The maximum absolute atomic E-state index is 11.4. The molecule has 0 saturated carbocycles. The second kappa shape index (κ2) is 4.01. The zero-order valence-corrected chi connectivity index (χ0v) is 7.71. The van der Waals surface area contributed by atoms with E-state index in [1.807, 2.05) is 6.92 Å². The lowest BCUT2D eigenvalue weighted by atomic mass is 9.83. The van der Waals surface area contributed by atoms with Gasteiger partial charge in [0.25, 0.3) is 0 Å². The van der Waals surface area contributed by atoms with Gasteiger partial charge in [0, 0.05) is 25.4 Å². The van der Waals surface area contributed by atoms with Crippen LogP contribution in [0.5, 0.6) is 0 Å². The van der Waals surface area contributed by atoms with E-state index in [1.165, 1.54) is 0 Å². The average Bonchev–Trinajstić information content (AvgIpc) is 2.04. The summed E-state index contributed by atoms with van der Waals surface area (Å²) < 4.78 is 0. The Hall–Kier alpha value is -0.410. The summed E-state index contributed by atoms with van der Waals surface area (Å²) in [5, 5.41) is 12.5. The highest BCUT2D eigenvalue weighted by Gasteiger charge is 2.29. The van der Waals surface area contributed by atoms with Gasteiger partial charge >= 0.3 is 0 Å². The van der Waals surface area contributed by atoms with E-state index >= 15 is 0 Å². The summed E-state index contributed by atoms with van der Waals surface area (Å²) in [7, 11) is 0. The summed E-state index contributed by atoms with van der Waals surface area (Å²) in [6, 6.07) is 0. The maximum Gasteiger partial charge on any atom is 0.138 e. The zero-order chi connectivity index (χ0) is 9.14. The Kier molecular flexibility index (Phi) is 3.23. The molecule has 1 aliphatic heterocycles. The minimum absolute atomic E-state index is 0.0127. The van der Waals surface area contributed by atoms with Gasteiger partial charge in [0.2, 0.25) is 0 Å². The molecule has 1 rings (SSSR count). The second-order valence-electron chi connectivity index (χ2n) is 3.63. The van der Waals surface area contributed by atoms with Crippen molar-refractivity contribution in [2.24, 2.45) is 11.8 Å². The number of rotatable bonds is 2. The number of aliphatic hydroxyl groups is 1. The van der Waals surface area contributed by atoms with Crippen LogP contribution in [0.4, 0.5) is 0 Å². The monoisotopic (exact) mass is 171 g/mol. The van der Waals surface area contributed by atoms with Gasteiger partial charge < -0.3 is 10.4 Å². The van der Waals surface area contributed by atoms with Crippen molar-refractivity contribution in [1.29, 1.82) is 0 Å². The van der Waals surface area contributed by atoms with Crippen LogP contribution in [0.3, 0.4) is 0 Å². The van der Waals surface area contributed by atoms with Crippen molar-refractivity contribution in [3.8, 4) is 0 Å². The molecule has 0 aromatic rings. The SMILES string of the molecule is CC(O)C(C)C1CNCCC1=O. The summed E-state index contributed by atoms with van der Waals surface area (Å²) in [6.45, 7) is 5.19. The van der Waals surface area contributed by atoms with Crippen molar-refractivity contribution < 1.29 is 9.90 Å². The molecule has 0 spiro atoms. The van der Waals surface area contributed by atoms with E-state index in [0.717, 1.165) is 13.1 Å². The van der Waals surface area contributed by atoms with E-state index in [-0.39, 0.29) is 17.9 Å². The maximum atomic E-state index is 11.4. The van der Waals surface area contributed by atoms with Gasteiger partial charge in [-0.25, -0.2) is 0 Å². The van der Waals surface area contributed by atoms with Crippen molar-refractivity contribution in [2.45, 2.75) is 26.4 Å². The fourth-order valence-electron chi connectivity index (χ4n) is 1.58. The Bertz CT molecular complexity index is 168. The largest absolute Gasteiger partial charge is 0.393 e. The molecule has 1 aliphatic rings. The number of Topliss-reactive ketones (excluding diaryl/α,β-unsaturated/α-hetero) is 1. The molecule has 1 fully saturated rings. The fraction of sp³-hybridized carbons (Fsp3) is 0.889. The van der Waals surface area contributed by atoms with Crippen LogP contribution in [0.1, 0.15) is 20.3 Å². The Balaban J connectivity index is 2.53. The van der Waals surface area contributed by atoms with Crippen LogP contribution in [0.2, 0.25) is 0 Å². The molecular formula is C9H17NO2. The first-order valence-electron chi connectivity index (χ1n) is 4.54. The number of aliphatic hydroxyl groups excluding tert-OH is 1. The van der Waals surface area contributed by atoms with E-state index in [9.17, 15) is 9.90 Å². The van der Waals surface area contributed by atoms with Crippen LogP contribution >= 0.6 is 0 Å². The minimum Gasteiger partial charge on any atom is -0.393 e. The van der Waals surface area contributed by atoms with Crippen molar-refractivity contribution in [1.82, 2.24) is 5.32 Å². The standard InChI is InChI=1S/C9H17NO2/c1-6(7(2)11)8-5-10-4-3-9(8)12/h6-8,10-11H,3-5H2,1-2H3. The second-order valence-corrected chi connectivity index (χ2v) is 3.63. The number of hydrogen-bond acceptors (Lipinski definition) is 3. The molecule has 3 nitrogen and oxygen atoms in total. The van der Waals surface area contributed by atoms with Gasteiger partial charge in [-0.05, 0) is 12.8 Å². The van der Waals surface area contributed by atoms with E-state index in [4.69, 9.17) is 0 Å². The molecule has 0 aliphatic carbocycles. The normalized spacial score (nSPS) is 29.9. The lowest BCUT2D eigenvalue weighted by Crippen LogP contribution is -2.42. The quantitative estimate of drug-likeness (QED) is 0.623. The van der Waals surface area contributed by atoms with Gasteiger partial charge in [-0.15, -0.1) is 0 Å². The van der Waals surface area contributed by atoms with Crippen LogP contribution in [-0.2, 0) is 4.79 Å². The summed E-state index contributed by atoms with van der Waals surface area (Å²) in [5.41, 5.74) is 0. The first-order valence-corrected chi connectivity index (χ1v) is 4.54. The first-order chi connectivity index (χ1) is 5.63. The van der Waals surface area contributed by atoms with Gasteiger partial charge in [-0.1, -0.05) is 6.92 Å². The van der Waals surface area contributed by atoms with Gasteiger partial charge in [0.05, 0.1) is 6.10 Å². The molecular weight excluding hydrogens is 154 g/mol. The van der Waals surface area contributed by atoms with Crippen LogP contribution < -0.4 is 5.32 Å². The van der Waals surface area contributed by atoms with E-state index in [1.54, 1.807) is 6.92 Å².